The van der Waals surface area contributed by atoms with Crippen molar-refractivity contribution in [1.29, 1.82) is 0 Å². The van der Waals surface area contributed by atoms with Crippen LogP contribution in [0.3, 0.4) is 0 Å². The first-order valence-corrected chi connectivity index (χ1v) is 16.3. The fraction of sp³-hybridized carbons (Fsp3) is 0.423. The number of hydrogen-bond acceptors (Lipinski definition) is 16. The van der Waals surface area contributed by atoms with Crippen LogP contribution in [0.2, 0.25) is 0 Å². The molecule has 0 aromatic carbocycles. The lowest BCUT2D eigenvalue weighted by atomic mass is 9.91. The van der Waals surface area contributed by atoms with Gasteiger partial charge in [0.15, 0.2) is 34.0 Å². The number of thiazole rings is 1. The lowest BCUT2D eigenvalue weighted by molar-refractivity contribution is -0.161. The molecular formula is C26H30N8O12S2. The van der Waals surface area contributed by atoms with Crippen molar-refractivity contribution in [2.75, 3.05) is 18.0 Å². The first kappa shape index (κ1) is 35.6. The summed E-state index contributed by atoms with van der Waals surface area (Å²) in [6.45, 7) is 4.13. The minimum absolute atomic E-state index is 0.0106. The van der Waals surface area contributed by atoms with E-state index in [4.69, 9.17) is 10.6 Å². The van der Waals surface area contributed by atoms with Crippen LogP contribution in [0.5, 0.6) is 5.75 Å². The maximum Gasteiger partial charge on any atom is 0.360 e. The molecule has 1 aliphatic heterocycles. The molecule has 2 amide bonds. The van der Waals surface area contributed by atoms with Crippen LogP contribution in [-0.4, -0.2) is 105 Å². The predicted molar refractivity (Wildman–Crippen MR) is 165 cm³/mol. The highest BCUT2D eigenvalue weighted by Crippen LogP contribution is 2.25. The standard InChI is InChI=1S/C26H30N8O12S2/c1-25(2,43)11-33-20(13-6-15(35)17(37)7-28-13)30-34(24(33)42)48(44,45)10-18(38)32-8-12(21(32)39)5-16(36)19(14-9-47-23(27)29-14)31-46-26(3,4)22(40)41/h6-7,9,12,37,43H,5,8,10-11H2,1-4H3,(H2,27,29)(H,28,35)(H,40,41)/b31-19-/t12-/m0/s1. The third-order valence-corrected chi connectivity index (χ3v) is 8.79. The van der Waals surface area contributed by atoms with Gasteiger partial charge < -0.3 is 30.9 Å². The summed E-state index contributed by atoms with van der Waals surface area (Å²) >= 11 is 0.958. The van der Waals surface area contributed by atoms with E-state index in [9.17, 15) is 52.5 Å². The Hall–Kier alpha value is -5.22. The summed E-state index contributed by atoms with van der Waals surface area (Å²) in [5.41, 5.74) is -0.606. The van der Waals surface area contributed by atoms with E-state index in [2.05, 4.69) is 20.2 Å². The average Bonchev–Trinajstić information content (AvgIpc) is 3.53. The molecule has 1 saturated heterocycles. The lowest BCUT2D eigenvalue weighted by Gasteiger charge is -2.36. The number of nitrogen functional groups attached to an aromatic ring is 1. The number of H-pyrrole nitrogens is 1. The van der Waals surface area contributed by atoms with Gasteiger partial charge in [-0.2, -0.15) is 0 Å². The van der Waals surface area contributed by atoms with Gasteiger partial charge in [-0.05, 0) is 27.7 Å². The van der Waals surface area contributed by atoms with Gasteiger partial charge in [-0.15, -0.1) is 20.5 Å². The van der Waals surface area contributed by atoms with Crippen LogP contribution < -0.4 is 16.9 Å². The van der Waals surface area contributed by atoms with Gasteiger partial charge in [-0.25, -0.2) is 23.0 Å². The molecule has 0 unspecified atom stereocenters. The SMILES string of the molecule is CC(C)(O)Cn1c(-c2cc(=O)c(O)c[nH]2)nn(S(=O)(=O)CC(=O)N2C[C@H](CC(=O)/C(=N\OC(C)(C)C(=O)O)c3csc(N)n3)C2=O)c1=O. The van der Waals surface area contributed by atoms with Crippen molar-refractivity contribution in [3.05, 3.63) is 44.0 Å². The summed E-state index contributed by atoms with van der Waals surface area (Å²) in [4.78, 5) is 87.5. The van der Waals surface area contributed by atoms with E-state index in [0.29, 0.717) is 4.90 Å². The number of Topliss-reactive ketones (excluding diaryl/α,β-unsaturated/α-hetero) is 1. The molecule has 0 aliphatic carbocycles. The number of nitrogens with two attached hydrogens (primary N) is 1. The number of ketones is 1. The van der Waals surface area contributed by atoms with Crippen molar-refractivity contribution in [2.45, 2.75) is 51.9 Å². The molecule has 6 N–H and O–H groups in total. The van der Waals surface area contributed by atoms with Crippen LogP contribution in [0.4, 0.5) is 5.13 Å². The zero-order valence-electron chi connectivity index (χ0n) is 25.7. The minimum atomic E-state index is -4.90. The van der Waals surface area contributed by atoms with Crippen molar-refractivity contribution in [3.8, 4) is 17.3 Å². The van der Waals surface area contributed by atoms with Gasteiger partial charge in [0.25, 0.3) is 10.0 Å². The highest BCUT2D eigenvalue weighted by atomic mass is 32.2. The number of carbonyl (C=O) groups excluding carboxylic acids is 3. The number of imide groups is 1. The number of carboxylic acids is 1. The molecular weight excluding hydrogens is 680 g/mol. The van der Waals surface area contributed by atoms with E-state index in [1.807, 2.05) is 0 Å². The van der Waals surface area contributed by atoms with Crippen LogP contribution in [0.25, 0.3) is 11.5 Å². The number of β-lactam (4-membered cyclic amide) rings is 1. The summed E-state index contributed by atoms with van der Waals surface area (Å²) in [7, 11) is -4.90. The van der Waals surface area contributed by atoms with Crippen LogP contribution >= 0.6 is 11.3 Å². The number of nitrogens with zero attached hydrogens (tertiary/aromatic N) is 6. The number of amides is 2. The second-order valence-corrected chi connectivity index (χ2v) is 14.5. The number of rotatable bonds is 13. The molecule has 48 heavy (non-hydrogen) atoms. The zero-order valence-corrected chi connectivity index (χ0v) is 27.4. The number of aliphatic hydroxyl groups is 1. The van der Waals surface area contributed by atoms with E-state index < -0.39 is 97.8 Å². The maximum atomic E-state index is 13.2. The average molecular weight is 711 g/mol. The zero-order chi connectivity index (χ0) is 35.9. The Bertz CT molecular complexity index is 2070. The van der Waals surface area contributed by atoms with Crippen LogP contribution in [0.15, 0.2) is 32.4 Å². The number of carbonyl (C=O) groups is 4. The highest BCUT2D eigenvalue weighted by Gasteiger charge is 2.44. The first-order chi connectivity index (χ1) is 22.1. The fourth-order valence-electron chi connectivity index (χ4n) is 4.20. The smallest absolute Gasteiger partial charge is 0.360 e. The van der Waals surface area contributed by atoms with Gasteiger partial charge in [-0.1, -0.05) is 5.16 Å². The number of aromatic nitrogens is 5. The topological polar surface area (TPSA) is 300 Å². The number of aromatic hydroxyl groups is 1. The van der Waals surface area contributed by atoms with Gasteiger partial charge in [0.05, 0.1) is 23.8 Å². The molecule has 4 heterocycles. The van der Waals surface area contributed by atoms with Crippen molar-refractivity contribution in [3.63, 3.8) is 0 Å². The number of hydrogen-bond donors (Lipinski definition) is 5. The molecule has 1 fully saturated rings. The Labute approximate surface area is 274 Å². The van der Waals surface area contributed by atoms with E-state index in [1.165, 1.54) is 33.1 Å². The minimum Gasteiger partial charge on any atom is -0.503 e. The molecule has 1 aliphatic rings. The molecule has 0 radical (unpaired) electrons. The van der Waals surface area contributed by atoms with Gasteiger partial charge in [-0.3, -0.25) is 28.6 Å². The number of carboxylic acid groups (broad SMARTS) is 1. The number of aromatic amines is 1. The van der Waals surface area contributed by atoms with E-state index >= 15 is 0 Å². The molecule has 0 bridgehead atoms. The molecule has 4 rings (SSSR count). The van der Waals surface area contributed by atoms with E-state index in [0.717, 1.165) is 28.2 Å². The van der Waals surface area contributed by atoms with Crippen molar-refractivity contribution < 1.29 is 47.8 Å². The fourth-order valence-corrected chi connectivity index (χ4v) is 5.88. The number of nitrogens with one attached hydrogen (secondary N) is 1. The Morgan fingerprint density at radius 2 is 1.88 bits per heavy atom. The maximum absolute atomic E-state index is 13.2. The molecule has 3 aromatic heterocycles. The van der Waals surface area contributed by atoms with Crippen LogP contribution in [0.1, 0.15) is 39.8 Å². The van der Waals surface area contributed by atoms with Gasteiger partial charge in [0.1, 0.15) is 5.69 Å². The third kappa shape index (κ3) is 7.50. The highest BCUT2D eigenvalue weighted by molar-refractivity contribution is 7.90. The van der Waals surface area contributed by atoms with Crippen molar-refractivity contribution in [2.24, 2.45) is 11.1 Å². The molecule has 0 spiro atoms. The molecule has 258 valence electrons. The van der Waals surface area contributed by atoms with Gasteiger partial charge in [0, 0.05) is 30.6 Å². The summed E-state index contributed by atoms with van der Waals surface area (Å²) in [5.74, 6) is -7.90. The Morgan fingerprint density at radius 1 is 1.21 bits per heavy atom. The van der Waals surface area contributed by atoms with Crippen LogP contribution in [0, 0.1) is 5.92 Å². The number of likely N-dealkylation sites (tertiary alicyclic amines) is 1. The lowest BCUT2D eigenvalue weighted by Crippen LogP contribution is -2.57. The first-order valence-electron chi connectivity index (χ1n) is 13.8. The summed E-state index contributed by atoms with van der Waals surface area (Å²) in [6.07, 6.45) is 0.354. The van der Waals surface area contributed by atoms with E-state index in [1.54, 1.807) is 0 Å². The number of pyridine rings is 1. The number of oxime groups is 1. The quantitative estimate of drug-likeness (QED) is 0.0752. The summed E-state index contributed by atoms with van der Waals surface area (Å²) in [6, 6.07) is 0.846. The van der Waals surface area contributed by atoms with E-state index in [-0.39, 0.29) is 27.2 Å². The number of anilines is 1. The summed E-state index contributed by atoms with van der Waals surface area (Å²) < 4.78 is 27.2. The Kier molecular flexibility index (Phi) is 9.47. The summed E-state index contributed by atoms with van der Waals surface area (Å²) in [5, 5.41) is 38.0. The molecule has 3 aromatic rings. The number of aliphatic carboxylic acids is 1. The normalized spacial score (nSPS) is 15.7. The molecule has 0 saturated carbocycles. The second-order valence-electron chi connectivity index (χ2n) is 11.8. The largest absolute Gasteiger partial charge is 0.503 e. The second kappa shape index (κ2) is 12.8. The Balaban J connectivity index is 1.52. The van der Waals surface area contributed by atoms with Gasteiger partial charge >= 0.3 is 11.7 Å². The predicted octanol–water partition coefficient (Wildman–Crippen LogP) is -1.68. The molecule has 1 atom stereocenters. The third-order valence-electron chi connectivity index (χ3n) is 6.74. The molecule has 20 nitrogen and oxygen atoms in total. The monoisotopic (exact) mass is 710 g/mol. The molecule has 22 heteroatoms. The van der Waals surface area contributed by atoms with Crippen LogP contribution in [-0.2, 0) is 40.6 Å². The van der Waals surface area contributed by atoms with Crippen molar-refractivity contribution in [1.82, 2.24) is 28.6 Å². The Morgan fingerprint density at radius 3 is 2.42 bits per heavy atom. The van der Waals surface area contributed by atoms with Gasteiger partial charge in [0.2, 0.25) is 22.8 Å². The van der Waals surface area contributed by atoms with Crippen molar-refractivity contribution >= 4 is 55.8 Å².